The Morgan fingerprint density at radius 2 is 1.08 bits per heavy atom. The molecule has 2 amide bonds. The van der Waals surface area contributed by atoms with Crippen LogP contribution in [0.3, 0.4) is 0 Å². The first-order valence-corrected chi connectivity index (χ1v) is 16.8. The molecule has 0 radical (unpaired) electrons. The minimum absolute atomic E-state index is 0.342. The van der Waals surface area contributed by atoms with Crippen LogP contribution in [0.4, 0.5) is 11.4 Å². The van der Waals surface area contributed by atoms with Crippen molar-refractivity contribution >= 4 is 45.0 Å². The average Bonchev–Trinajstić information content (AvgIpc) is 3.67. The van der Waals surface area contributed by atoms with Gasteiger partial charge in [-0.15, -0.1) is 0 Å². The first-order valence-electron chi connectivity index (χ1n) is 16.8. The Labute approximate surface area is 299 Å². The highest BCUT2D eigenvalue weighted by Crippen LogP contribution is 2.40. The smallest absolute Gasteiger partial charge is 0.268 e. The third-order valence-electron chi connectivity index (χ3n) is 9.81. The van der Waals surface area contributed by atoms with Crippen LogP contribution < -0.4 is 4.90 Å². The number of anilines is 1. The lowest BCUT2D eigenvalue weighted by Gasteiger charge is -2.15. The van der Waals surface area contributed by atoms with Gasteiger partial charge in [0.25, 0.3) is 11.8 Å². The molecule has 0 aliphatic carbocycles. The van der Waals surface area contributed by atoms with Crippen molar-refractivity contribution in [1.29, 1.82) is 5.26 Å². The molecule has 242 valence electrons. The number of aromatic nitrogens is 1. The molecule has 1 aromatic heterocycles. The van der Waals surface area contributed by atoms with Crippen molar-refractivity contribution in [2.75, 3.05) is 4.90 Å². The van der Waals surface area contributed by atoms with Gasteiger partial charge >= 0.3 is 0 Å². The molecule has 0 spiro atoms. The highest BCUT2D eigenvalue weighted by atomic mass is 16.2. The molecule has 1 aliphatic rings. The number of amides is 2. The molecule has 0 N–H and O–H groups in total. The van der Waals surface area contributed by atoms with Crippen LogP contribution in [0.2, 0.25) is 0 Å². The van der Waals surface area contributed by atoms with Gasteiger partial charge in [0.2, 0.25) is 0 Å². The maximum Gasteiger partial charge on any atom is 0.268 e. The molecular weight excluding hydrogens is 641 g/mol. The molecular formula is C46H26N4O2. The van der Waals surface area contributed by atoms with Gasteiger partial charge in [0.1, 0.15) is 0 Å². The van der Waals surface area contributed by atoms with E-state index in [0.717, 1.165) is 55.2 Å². The summed E-state index contributed by atoms with van der Waals surface area (Å²) in [5.74, 6) is -0.749. The second-order valence-electron chi connectivity index (χ2n) is 12.7. The first kappa shape index (κ1) is 30.5. The van der Waals surface area contributed by atoms with Crippen molar-refractivity contribution in [3.8, 4) is 45.1 Å². The number of hydrogen-bond acceptors (Lipinski definition) is 3. The van der Waals surface area contributed by atoms with Crippen LogP contribution in [-0.2, 0) is 0 Å². The van der Waals surface area contributed by atoms with Crippen LogP contribution in [-0.4, -0.2) is 16.4 Å². The number of carbonyl (C=O) groups excluding carboxylic acids is 2. The van der Waals surface area contributed by atoms with Crippen molar-refractivity contribution in [2.45, 2.75) is 0 Å². The molecule has 6 heteroatoms. The molecule has 0 saturated carbocycles. The maximum absolute atomic E-state index is 14.5. The van der Waals surface area contributed by atoms with E-state index in [1.54, 1.807) is 30.3 Å². The molecule has 0 unspecified atom stereocenters. The topological polar surface area (TPSA) is 70.5 Å². The highest BCUT2D eigenvalue weighted by molar-refractivity contribution is 6.35. The van der Waals surface area contributed by atoms with Crippen molar-refractivity contribution < 1.29 is 9.59 Å². The van der Waals surface area contributed by atoms with Crippen LogP contribution in [0.25, 0.3) is 65.7 Å². The molecule has 0 bridgehead atoms. The number of rotatable bonds is 5. The fraction of sp³-hybridized carbons (Fsp3) is 0. The van der Waals surface area contributed by atoms with Crippen LogP contribution >= 0.6 is 0 Å². The van der Waals surface area contributed by atoms with Gasteiger partial charge in [-0.3, -0.25) is 9.59 Å². The van der Waals surface area contributed by atoms with E-state index in [1.807, 2.05) is 91.0 Å². The van der Waals surface area contributed by atoms with E-state index in [1.165, 1.54) is 4.90 Å². The molecule has 1 aliphatic heterocycles. The Hall–Kier alpha value is -7.54. The fourth-order valence-electron chi connectivity index (χ4n) is 7.22. The number of imide groups is 1. The van der Waals surface area contributed by atoms with Gasteiger partial charge in [0, 0.05) is 10.8 Å². The lowest BCUT2D eigenvalue weighted by molar-refractivity contribution is 0.0926. The minimum Gasteiger partial charge on any atom is -0.308 e. The fourth-order valence-corrected chi connectivity index (χ4v) is 7.22. The zero-order valence-corrected chi connectivity index (χ0v) is 27.6. The summed E-state index contributed by atoms with van der Waals surface area (Å²) >= 11 is 0. The monoisotopic (exact) mass is 666 g/mol. The number of carbonyl (C=O) groups is 2. The summed E-state index contributed by atoms with van der Waals surface area (Å²) in [5.41, 5.74) is 10.5. The van der Waals surface area contributed by atoms with Crippen LogP contribution in [0.5, 0.6) is 0 Å². The lowest BCUT2D eigenvalue weighted by atomic mass is 10.0. The average molecular weight is 667 g/mol. The molecule has 52 heavy (non-hydrogen) atoms. The van der Waals surface area contributed by atoms with E-state index in [0.29, 0.717) is 33.8 Å². The number of fused-ring (bicyclic) bond motifs is 4. The molecule has 0 atom stereocenters. The van der Waals surface area contributed by atoms with E-state index >= 15 is 0 Å². The summed E-state index contributed by atoms with van der Waals surface area (Å²) in [6.07, 6.45) is 0. The summed E-state index contributed by atoms with van der Waals surface area (Å²) in [4.78, 5) is 33.3. The SMILES string of the molecule is [C-]#[N+]c1ccc(-c2ccc3c4ccc(-c5ccc(C#N)cc5)cc4n(-c4cccc5c4C(=O)N(c4ccc(-c6ccccc6)cc4)C5=O)c3c2)cc1. The van der Waals surface area contributed by atoms with Gasteiger partial charge < -0.3 is 4.57 Å². The highest BCUT2D eigenvalue weighted by Gasteiger charge is 2.39. The number of benzene rings is 7. The summed E-state index contributed by atoms with van der Waals surface area (Å²) in [7, 11) is 0. The van der Waals surface area contributed by atoms with E-state index in [4.69, 9.17) is 6.57 Å². The Morgan fingerprint density at radius 1 is 0.538 bits per heavy atom. The van der Waals surface area contributed by atoms with E-state index in [9.17, 15) is 14.9 Å². The van der Waals surface area contributed by atoms with Crippen molar-refractivity contribution in [2.24, 2.45) is 0 Å². The molecule has 7 aromatic carbocycles. The first-order chi connectivity index (χ1) is 25.5. The predicted molar refractivity (Wildman–Crippen MR) is 206 cm³/mol. The second-order valence-corrected chi connectivity index (χ2v) is 12.7. The van der Waals surface area contributed by atoms with Gasteiger partial charge in [-0.05, 0) is 81.9 Å². The van der Waals surface area contributed by atoms with Gasteiger partial charge in [0.05, 0.1) is 51.7 Å². The molecule has 0 fully saturated rings. The maximum atomic E-state index is 14.5. The van der Waals surface area contributed by atoms with Crippen molar-refractivity contribution in [3.63, 3.8) is 0 Å². The Morgan fingerprint density at radius 3 is 1.67 bits per heavy atom. The van der Waals surface area contributed by atoms with Crippen LogP contribution in [0.15, 0.2) is 158 Å². The van der Waals surface area contributed by atoms with E-state index < -0.39 is 0 Å². The summed E-state index contributed by atoms with van der Waals surface area (Å²) in [6.45, 7) is 7.37. The Balaban J connectivity index is 1.23. The van der Waals surface area contributed by atoms with E-state index in [2.05, 4.69) is 51.9 Å². The van der Waals surface area contributed by atoms with Crippen LogP contribution in [0, 0.1) is 17.9 Å². The van der Waals surface area contributed by atoms with Crippen molar-refractivity contribution in [3.05, 3.63) is 186 Å². The van der Waals surface area contributed by atoms with Crippen molar-refractivity contribution in [1.82, 2.24) is 4.57 Å². The minimum atomic E-state index is -0.382. The molecule has 6 nitrogen and oxygen atoms in total. The number of nitriles is 1. The van der Waals surface area contributed by atoms with Gasteiger partial charge in [-0.25, -0.2) is 9.74 Å². The van der Waals surface area contributed by atoms with Gasteiger partial charge in [0.15, 0.2) is 5.69 Å². The largest absolute Gasteiger partial charge is 0.308 e. The Bertz CT molecular complexity index is 2710. The molecule has 0 saturated heterocycles. The summed E-state index contributed by atoms with van der Waals surface area (Å²) in [6, 6.07) is 52.6. The summed E-state index contributed by atoms with van der Waals surface area (Å²) < 4.78 is 2.08. The lowest BCUT2D eigenvalue weighted by Crippen LogP contribution is -2.29. The van der Waals surface area contributed by atoms with E-state index in [-0.39, 0.29) is 11.8 Å². The predicted octanol–water partition coefficient (Wildman–Crippen LogP) is 11.0. The van der Waals surface area contributed by atoms with Gasteiger partial charge in [-0.1, -0.05) is 109 Å². The zero-order chi connectivity index (χ0) is 35.3. The third-order valence-corrected chi connectivity index (χ3v) is 9.81. The normalized spacial score (nSPS) is 12.2. The number of hydrogen-bond donors (Lipinski definition) is 0. The van der Waals surface area contributed by atoms with Gasteiger partial charge in [-0.2, -0.15) is 5.26 Å². The zero-order valence-electron chi connectivity index (χ0n) is 27.6. The molecule has 8 aromatic rings. The standard InChI is InChI=1S/C46H26N4O2/c1-48-36-20-14-33(15-21-36)35-19-25-39-38-24-18-34(32-12-10-29(28-47)11-13-32)26-42(38)50(43(39)27-35)41-9-5-8-40-44(41)46(52)49(45(40)51)37-22-16-31(17-23-37)30-6-3-2-4-7-30/h2-27H. The quantitative estimate of drug-likeness (QED) is 0.136. The number of nitrogens with zero attached hydrogens (tertiary/aromatic N) is 4. The summed E-state index contributed by atoms with van der Waals surface area (Å²) in [5, 5.41) is 11.3. The van der Waals surface area contributed by atoms with Crippen LogP contribution in [0.1, 0.15) is 26.3 Å². The second kappa shape index (κ2) is 12.1. The molecule has 2 heterocycles. The third kappa shape index (κ3) is 4.87. The Kier molecular flexibility index (Phi) is 7.10. The molecule has 9 rings (SSSR count).